The van der Waals surface area contributed by atoms with Crippen molar-refractivity contribution < 1.29 is 9.90 Å². The number of nitrogens with zero attached hydrogens (tertiary/aromatic N) is 1. The average molecular weight is 334 g/mol. The Labute approximate surface area is 147 Å². The molecule has 0 spiro atoms. The third-order valence-electron chi connectivity index (χ3n) is 5.09. The van der Waals surface area contributed by atoms with E-state index in [4.69, 9.17) is 0 Å². The zero-order valence-electron chi connectivity index (χ0n) is 14.0. The predicted octanol–water partition coefficient (Wildman–Crippen LogP) is 3.27. The number of aliphatic hydroxyl groups is 1. The number of rotatable bonds is 5. The van der Waals surface area contributed by atoms with Crippen LogP contribution in [0.15, 0.2) is 66.9 Å². The fourth-order valence-corrected chi connectivity index (χ4v) is 3.69. The molecule has 0 aliphatic heterocycles. The van der Waals surface area contributed by atoms with E-state index >= 15 is 0 Å². The Morgan fingerprint density at radius 3 is 2.56 bits per heavy atom. The number of para-hydroxylation sites is 1. The molecular weight excluding hydrogens is 312 g/mol. The second kappa shape index (κ2) is 6.73. The van der Waals surface area contributed by atoms with Crippen LogP contribution in [-0.2, 0) is 11.3 Å². The fourth-order valence-electron chi connectivity index (χ4n) is 3.69. The molecular formula is C21H22N2O2. The topological polar surface area (TPSA) is 54.3 Å². The SMILES string of the molecule is O=C(Cn1ccc2ccccc21)N[C@H](c1ccccc1)C1CC(O)C1. The summed E-state index contributed by atoms with van der Waals surface area (Å²) in [6, 6.07) is 20.1. The van der Waals surface area contributed by atoms with Crippen molar-refractivity contribution in [3.8, 4) is 0 Å². The number of hydrogen-bond acceptors (Lipinski definition) is 2. The van der Waals surface area contributed by atoms with E-state index in [1.807, 2.05) is 71.4 Å². The van der Waals surface area contributed by atoms with E-state index in [1.165, 1.54) is 0 Å². The van der Waals surface area contributed by atoms with Crippen LogP contribution in [0, 0.1) is 5.92 Å². The Balaban J connectivity index is 1.50. The fraction of sp³-hybridized carbons (Fsp3) is 0.286. The molecule has 4 rings (SSSR count). The first kappa shape index (κ1) is 15.9. The van der Waals surface area contributed by atoms with Crippen molar-refractivity contribution in [2.24, 2.45) is 5.92 Å². The standard InChI is InChI=1S/C21H22N2O2/c24-18-12-17(13-18)21(16-7-2-1-3-8-16)22-20(25)14-23-11-10-15-6-4-5-9-19(15)23/h1-11,17-18,21,24H,12-14H2,(H,22,25)/t17?,18?,21-/m1/s1. The summed E-state index contributed by atoms with van der Waals surface area (Å²) in [7, 11) is 0. The van der Waals surface area contributed by atoms with Crippen molar-refractivity contribution in [1.29, 1.82) is 0 Å². The van der Waals surface area contributed by atoms with Gasteiger partial charge in [0.25, 0.3) is 0 Å². The third-order valence-corrected chi connectivity index (χ3v) is 5.09. The first-order chi connectivity index (χ1) is 12.2. The van der Waals surface area contributed by atoms with Crippen molar-refractivity contribution in [3.63, 3.8) is 0 Å². The molecule has 1 aliphatic carbocycles. The maximum absolute atomic E-state index is 12.7. The first-order valence-electron chi connectivity index (χ1n) is 8.77. The zero-order valence-corrected chi connectivity index (χ0v) is 14.0. The molecule has 1 atom stereocenters. The van der Waals surface area contributed by atoms with Crippen LogP contribution in [0.3, 0.4) is 0 Å². The molecule has 4 nitrogen and oxygen atoms in total. The van der Waals surface area contributed by atoms with Gasteiger partial charge in [0.05, 0.1) is 12.1 Å². The van der Waals surface area contributed by atoms with Crippen molar-refractivity contribution in [2.45, 2.75) is 31.5 Å². The van der Waals surface area contributed by atoms with Gasteiger partial charge in [0.2, 0.25) is 5.91 Å². The monoisotopic (exact) mass is 334 g/mol. The van der Waals surface area contributed by atoms with Crippen molar-refractivity contribution in [2.75, 3.05) is 0 Å². The van der Waals surface area contributed by atoms with Gasteiger partial charge < -0.3 is 15.0 Å². The zero-order chi connectivity index (χ0) is 17.2. The summed E-state index contributed by atoms with van der Waals surface area (Å²) < 4.78 is 1.97. The van der Waals surface area contributed by atoms with Gasteiger partial charge in [-0.05, 0) is 41.8 Å². The highest BCUT2D eigenvalue weighted by Crippen LogP contribution is 2.38. The van der Waals surface area contributed by atoms with E-state index in [-0.39, 0.29) is 18.1 Å². The number of amides is 1. The van der Waals surface area contributed by atoms with E-state index in [9.17, 15) is 9.90 Å². The molecule has 0 bridgehead atoms. The van der Waals surface area contributed by atoms with Gasteiger partial charge in [0.15, 0.2) is 0 Å². The summed E-state index contributed by atoms with van der Waals surface area (Å²) in [4.78, 5) is 12.7. The third kappa shape index (κ3) is 3.30. The van der Waals surface area contributed by atoms with Crippen LogP contribution in [0.25, 0.3) is 10.9 Å². The summed E-state index contributed by atoms with van der Waals surface area (Å²) >= 11 is 0. The van der Waals surface area contributed by atoms with Crippen LogP contribution in [-0.4, -0.2) is 21.7 Å². The Morgan fingerprint density at radius 2 is 1.80 bits per heavy atom. The highest BCUT2D eigenvalue weighted by Gasteiger charge is 2.35. The first-order valence-corrected chi connectivity index (χ1v) is 8.77. The number of nitrogens with one attached hydrogen (secondary N) is 1. The Bertz CT molecular complexity index is 866. The molecule has 3 aromatic rings. The lowest BCUT2D eigenvalue weighted by Crippen LogP contribution is -2.42. The van der Waals surface area contributed by atoms with Crippen LogP contribution in [0.2, 0.25) is 0 Å². The number of aromatic nitrogens is 1. The summed E-state index contributed by atoms with van der Waals surface area (Å²) in [5, 5.41) is 14.0. The largest absolute Gasteiger partial charge is 0.393 e. The number of aliphatic hydroxyl groups excluding tert-OH is 1. The van der Waals surface area contributed by atoms with Crippen molar-refractivity contribution in [1.82, 2.24) is 9.88 Å². The Morgan fingerprint density at radius 1 is 1.08 bits per heavy atom. The normalized spacial score (nSPS) is 20.8. The van der Waals surface area contributed by atoms with Gasteiger partial charge in [0.1, 0.15) is 6.54 Å². The number of hydrogen-bond donors (Lipinski definition) is 2. The quantitative estimate of drug-likeness (QED) is 0.752. The van der Waals surface area contributed by atoms with E-state index < -0.39 is 0 Å². The van der Waals surface area contributed by atoms with E-state index in [0.717, 1.165) is 29.3 Å². The molecule has 1 fully saturated rings. The van der Waals surface area contributed by atoms with E-state index in [0.29, 0.717) is 12.5 Å². The molecule has 1 aliphatic rings. The molecule has 4 heteroatoms. The number of benzene rings is 2. The summed E-state index contributed by atoms with van der Waals surface area (Å²) in [6.45, 7) is 0.298. The maximum atomic E-state index is 12.7. The van der Waals surface area contributed by atoms with Crippen molar-refractivity contribution in [3.05, 3.63) is 72.4 Å². The minimum Gasteiger partial charge on any atom is -0.393 e. The highest BCUT2D eigenvalue weighted by molar-refractivity contribution is 5.83. The van der Waals surface area contributed by atoms with Gasteiger partial charge in [0, 0.05) is 11.7 Å². The molecule has 0 unspecified atom stereocenters. The minimum atomic E-state index is -0.235. The van der Waals surface area contributed by atoms with Gasteiger partial charge in [-0.15, -0.1) is 0 Å². The number of fused-ring (bicyclic) bond motifs is 1. The summed E-state index contributed by atoms with van der Waals surface area (Å²) in [5.74, 6) is 0.291. The number of carbonyl (C=O) groups excluding carboxylic acids is 1. The Hall–Kier alpha value is -2.59. The van der Waals surface area contributed by atoms with Crippen LogP contribution in [0.1, 0.15) is 24.4 Å². The molecule has 128 valence electrons. The van der Waals surface area contributed by atoms with Crippen LogP contribution in [0.4, 0.5) is 0 Å². The minimum absolute atomic E-state index is 0.00315. The predicted molar refractivity (Wildman–Crippen MR) is 98.0 cm³/mol. The highest BCUT2D eigenvalue weighted by atomic mass is 16.3. The van der Waals surface area contributed by atoms with Gasteiger partial charge >= 0.3 is 0 Å². The van der Waals surface area contributed by atoms with Crippen molar-refractivity contribution >= 4 is 16.8 Å². The van der Waals surface area contributed by atoms with Gasteiger partial charge in [-0.1, -0.05) is 48.5 Å². The van der Waals surface area contributed by atoms with Crippen LogP contribution in [0.5, 0.6) is 0 Å². The summed E-state index contributed by atoms with van der Waals surface area (Å²) in [6.07, 6.45) is 3.20. The smallest absolute Gasteiger partial charge is 0.240 e. The van der Waals surface area contributed by atoms with Crippen LogP contribution >= 0.6 is 0 Å². The lowest BCUT2D eigenvalue weighted by atomic mass is 9.75. The number of carbonyl (C=O) groups is 1. The van der Waals surface area contributed by atoms with Crippen LogP contribution < -0.4 is 5.32 Å². The molecule has 1 saturated carbocycles. The van der Waals surface area contributed by atoms with Gasteiger partial charge in [-0.3, -0.25) is 4.79 Å². The van der Waals surface area contributed by atoms with E-state index in [2.05, 4.69) is 5.32 Å². The molecule has 1 aromatic heterocycles. The summed E-state index contributed by atoms with van der Waals surface area (Å²) in [5.41, 5.74) is 2.16. The molecule has 1 heterocycles. The lowest BCUT2D eigenvalue weighted by molar-refractivity contribution is -0.123. The molecule has 0 saturated heterocycles. The van der Waals surface area contributed by atoms with Gasteiger partial charge in [-0.25, -0.2) is 0 Å². The molecule has 25 heavy (non-hydrogen) atoms. The second-order valence-electron chi connectivity index (χ2n) is 6.84. The average Bonchev–Trinajstić information content (AvgIpc) is 3.01. The molecule has 2 N–H and O–H groups in total. The Kier molecular flexibility index (Phi) is 4.28. The maximum Gasteiger partial charge on any atom is 0.240 e. The van der Waals surface area contributed by atoms with Gasteiger partial charge in [-0.2, -0.15) is 0 Å². The van der Waals surface area contributed by atoms with E-state index in [1.54, 1.807) is 0 Å². The molecule has 0 radical (unpaired) electrons. The lowest BCUT2D eigenvalue weighted by Gasteiger charge is -2.38. The second-order valence-corrected chi connectivity index (χ2v) is 6.84. The molecule has 2 aromatic carbocycles. The molecule has 1 amide bonds.